The predicted octanol–water partition coefficient (Wildman–Crippen LogP) is 5.42. The molecule has 0 aliphatic heterocycles. The molecule has 0 heterocycles. The van der Waals surface area contributed by atoms with Gasteiger partial charge in [-0.2, -0.15) is 0 Å². The zero-order chi connectivity index (χ0) is 15.4. The van der Waals surface area contributed by atoms with Crippen LogP contribution in [-0.2, 0) is 6.54 Å². The van der Waals surface area contributed by atoms with Crippen molar-refractivity contribution in [3.8, 4) is 0 Å². The third kappa shape index (κ3) is 4.00. The van der Waals surface area contributed by atoms with Gasteiger partial charge in [-0.3, -0.25) is 4.79 Å². The van der Waals surface area contributed by atoms with Crippen molar-refractivity contribution in [1.82, 2.24) is 4.90 Å². The molecule has 2 rings (SSSR count). The fourth-order valence-electron chi connectivity index (χ4n) is 1.97. The Balaban J connectivity index is 2.22. The van der Waals surface area contributed by atoms with Gasteiger partial charge in [-0.05, 0) is 52.7 Å². The predicted molar refractivity (Wildman–Crippen MR) is 91.0 cm³/mol. The third-order valence-electron chi connectivity index (χ3n) is 3.15. The highest BCUT2D eigenvalue weighted by Gasteiger charge is 2.16. The molecule has 21 heavy (non-hydrogen) atoms. The fraction of sp³-hybridized carbons (Fsp3) is 0.188. The zero-order valence-corrected chi connectivity index (χ0v) is 14.5. The molecular formula is C16H14BrCl2NO. The summed E-state index contributed by atoms with van der Waals surface area (Å²) >= 11 is 15.5. The van der Waals surface area contributed by atoms with Crippen molar-refractivity contribution in [3.05, 3.63) is 68.1 Å². The largest absolute Gasteiger partial charge is 0.335 e. The normalized spacial score (nSPS) is 10.5. The van der Waals surface area contributed by atoms with Crippen molar-refractivity contribution in [2.24, 2.45) is 0 Å². The molecule has 0 saturated carbocycles. The SMILES string of the molecule is CCN(Cc1ccccc1Cl)C(=O)c1ccc(Br)c(Cl)c1. The van der Waals surface area contributed by atoms with Gasteiger partial charge in [-0.15, -0.1) is 0 Å². The summed E-state index contributed by atoms with van der Waals surface area (Å²) in [6.45, 7) is 3.01. The highest BCUT2D eigenvalue weighted by molar-refractivity contribution is 9.10. The minimum absolute atomic E-state index is 0.0631. The van der Waals surface area contributed by atoms with Crippen molar-refractivity contribution in [2.75, 3.05) is 6.54 Å². The topological polar surface area (TPSA) is 20.3 Å². The minimum Gasteiger partial charge on any atom is -0.335 e. The summed E-state index contributed by atoms with van der Waals surface area (Å²) in [5.74, 6) is -0.0631. The van der Waals surface area contributed by atoms with Gasteiger partial charge in [0.2, 0.25) is 0 Å². The Bertz CT molecular complexity index is 660. The first-order valence-electron chi connectivity index (χ1n) is 6.50. The van der Waals surface area contributed by atoms with Crippen molar-refractivity contribution < 1.29 is 4.79 Å². The molecule has 0 radical (unpaired) electrons. The Morgan fingerprint density at radius 1 is 1.14 bits per heavy atom. The van der Waals surface area contributed by atoms with Crippen LogP contribution in [-0.4, -0.2) is 17.4 Å². The average Bonchev–Trinajstić information content (AvgIpc) is 2.48. The van der Waals surface area contributed by atoms with Crippen LogP contribution in [0.15, 0.2) is 46.9 Å². The van der Waals surface area contributed by atoms with Gasteiger partial charge in [-0.1, -0.05) is 41.4 Å². The molecule has 0 aromatic heterocycles. The highest BCUT2D eigenvalue weighted by Crippen LogP contribution is 2.24. The van der Waals surface area contributed by atoms with Gasteiger partial charge in [0.1, 0.15) is 0 Å². The lowest BCUT2D eigenvalue weighted by Crippen LogP contribution is -2.30. The Hall–Kier alpha value is -1.03. The molecule has 2 aromatic rings. The van der Waals surface area contributed by atoms with Crippen LogP contribution in [0.5, 0.6) is 0 Å². The zero-order valence-electron chi connectivity index (χ0n) is 11.4. The van der Waals surface area contributed by atoms with Gasteiger partial charge in [0.05, 0.1) is 5.02 Å². The molecule has 0 fully saturated rings. The molecule has 0 spiro atoms. The maximum absolute atomic E-state index is 12.6. The summed E-state index contributed by atoms with van der Waals surface area (Å²) < 4.78 is 0.773. The van der Waals surface area contributed by atoms with E-state index in [1.54, 1.807) is 23.1 Å². The van der Waals surface area contributed by atoms with Crippen molar-refractivity contribution in [1.29, 1.82) is 0 Å². The number of carbonyl (C=O) groups excluding carboxylic acids is 1. The first-order chi connectivity index (χ1) is 10.0. The van der Waals surface area contributed by atoms with Crippen LogP contribution in [0.2, 0.25) is 10.0 Å². The number of hydrogen-bond acceptors (Lipinski definition) is 1. The number of halogens is 3. The summed E-state index contributed by atoms with van der Waals surface area (Å²) in [5, 5.41) is 1.19. The Labute approximate surface area is 142 Å². The quantitative estimate of drug-likeness (QED) is 0.687. The molecule has 2 nitrogen and oxygen atoms in total. The smallest absolute Gasteiger partial charge is 0.254 e. The summed E-state index contributed by atoms with van der Waals surface area (Å²) in [7, 11) is 0. The molecule has 5 heteroatoms. The van der Waals surface area contributed by atoms with Crippen LogP contribution in [0, 0.1) is 0 Å². The molecule has 0 atom stereocenters. The number of carbonyl (C=O) groups is 1. The van der Waals surface area contributed by atoms with E-state index < -0.39 is 0 Å². The van der Waals surface area contributed by atoms with Gasteiger partial charge in [-0.25, -0.2) is 0 Å². The van der Waals surface area contributed by atoms with Gasteiger partial charge in [0.15, 0.2) is 0 Å². The molecule has 1 amide bonds. The number of nitrogens with zero attached hydrogens (tertiary/aromatic N) is 1. The van der Waals surface area contributed by atoms with E-state index in [0.29, 0.717) is 28.7 Å². The van der Waals surface area contributed by atoms with E-state index in [0.717, 1.165) is 10.0 Å². The third-order valence-corrected chi connectivity index (χ3v) is 4.76. The maximum Gasteiger partial charge on any atom is 0.254 e. The van der Waals surface area contributed by atoms with Crippen LogP contribution in [0.25, 0.3) is 0 Å². The molecule has 0 unspecified atom stereocenters. The lowest BCUT2D eigenvalue weighted by atomic mass is 10.1. The molecule has 0 aliphatic rings. The summed E-state index contributed by atoms with van der Waals surface area (Å²) in [5.41, 5.74) is 1.50. The number of amides is 1. The number of rotatable bonds is 4. The van der Waals surface area contributed by atoms with E-state index in [-0.39, 0.29) is 5.91 Å². The van der Waals surface area contributed by atoms with Crippen molar-refractivity contribution >= 4 is 45.0 Å². The van der Waals surface area contributed by atoms with E-state index in [2.05, 4.69) is 15.9 Å². The molecule has 0 aliphatic carbocycles. The second kappa shape index (κ2) is 7.30. The van der Waals surface area contributed by atoms with E-state index in [1.165, 1.54) is 0 Å². The van der Waals surface area contributed by atoms with Crippen LogP contribution < -0.4 is 0 Å². The Morgan fingerprint density at radius 3 is 2.48 bits per heavy atom. The van der Waals surface area contributed by atoms with Crippen LogP contribution in [0.4, 0.5) is 0 Å². The van der Waals surface area contributed by atoms with Gasteiger partial charge >= 0.3 is 0 Å². The second-order valence-corrected chi connectivity index (χ2v) is 6.21. The van der Waals surface area contributed by atoms with E-state index in [9.17, 15) is 4.79 Å². The van der Waals surface area contributed by atoms with Crippen molar-refractivity contribution in [2.45, 2.75) is 13.5 Å². The first kappa shape index (κ1) is 16.3. The first-order valence-corrected chi connectivity index (χ1v) is 8.05. The van der Waals surface area contributed by atoms with Gasteiger partial charge < -0.3 is 4.90 Å². The Morgan fingerprint density at radius 2 is 1.86 bits per heavy atom. The van der Waals surface area contributed by atoms with Crippen LogP contribution in [0.1, 0.15) is 22.8 Å². The molecule has 0 N–H and O–H groups in total. The monoisotopic (exact) mass is 385 g/mol. The van der Waals surface area contributed by atoms with E-state index in [1.807, 2.05) is 31.2 Å². The van der Waals surface area contributed by atoms with Crippen molar-refractivity contribution in [3.63, 3.8) is 0 Å². The summed E-state index contributed by atoms with van der Waals surface area (Å²) in [4.78, 5) is 14.3. The molecule has 0 saturated heterocycles. The average molecular weight is 387 g/mol. The minimum atomic E-state index is -0.0631. The summed E-state index contributed by atoms with van der Waals surface area (Å²) in [6, 6.07) is 12.7. The van der Waals surface area contributed by atoms with Crippen LogP contribution >= 0.6 is 39.1 Å². The summed E-state index contributed by atoms with van der Waals surface area (Å²) in [6.07, 6.45) is 0. The maximum atomic E-state index is 12.6. The number of hydrogen-bond donors (Lipinski definition) is 0. The lowest BCUT2D eigenvalue weighted by Gasteiger charge is -2.22. The Kier molecular flexibility index (Phi) is 5.68. The van der Waals surface area contributed by atoms with Crippen LogP contribution in [0.3, 0.4) is 0 Å². The highest BCUT2D eigenvalue weighted by atomic mass is 79.9. The fourth-order valence-corrected chi connectivity index (χ4v) is 2.59. The molecular weight excluding hydrogens is 373 g/mol. The molecule has 2 aromatic carbocycles. The second-order valence-electron chi connectivity index (χ2n) is 4.54. The number of benzene rings is 2. The lowest BCUT2D eigenvalue weighted by molar-refractivity contribution is 0.0752. The van der Waals surface area contributed by atoms with Gasteiger partial charge in [0, 0.05) is 28.1 Å². The molecule has 110 valence electrons. The van der Waals surface area contributed by atoms with E-state index in [4.69, 9.17) is 23.2 Å². The standard InChI is InChI=1S/C16H14BrCl2NO/c1-2-20(10-12-5-3-4-6-14(12)18)16(21)11-7-8-13(17)15(19)9-11/h3-9H,2,10H2,1H3. The molecule has 0 bridgehead atoms. The van der Waals surface area contributed by atoms with Gasteiger partial charge in [0.25, 0.3) is 5.91 Å². The van der Waals surface area contributed by atoms with E-state index >= 15 is 0 Å².